The molecule has 2 heterocycles. The Bertz CT molecular complexity index is 2890. The lowest BCUT2D eigenvalue weighted by Gasteiger charge is -2.11. The number of fused-ring (bicyclic) bond motifs is 4. The van der Waals surface area contributed by atoms with Crippen LogP contribution in [-0.4, -0.2) is 16.7 Å². The minimum Gasteiger partial charge on any atom is -0.455 e. The fraction of sp³-hybridized carbons (Fsp3) is 0. The molecule has 0 amide bonds. The SMILES string of the molecule is C=C(N=C(N=C(N)c1ccccc1)c1ccccc1)c1cccc(-c2cccc3ncc(-c4ccc(-c5cccc6c5oc5ccccc56)cc4)cc23)c1. The summed E-state index contributed by atoms with van der Waals surface area (Å²) in [4.78, 5) is 14.6. The Balaban J connectivity index is 1.05. The Morgan fingerprint density at radius 1 is 0.500 bits per heavy atom. The van der Waals surface area contributed by atoms with Crippen molar-refractivity contribution in [3.63, 3.8) is 0 Å². The predicted molar refractivity (Wildman–Crippen MR) is 225 cm³/mol. The van der Waals surface area contributed by atoms with E-state index in [2.05, 4.69) is 79.4 Å². The molecule has 0 unspecified atom stereocenters. The van der Waals surface area contributed by atoms with E-state index < -0.39 is 0 Å². The fourth-order valence-corrected chi connectivity index (χ4v) is 6.96. The Morgan fingerprint density at radius 2 is 1.15 bits per heavy atom. The molecular formula is C49H34N4O. The van der Waals surface area contributed by atoms with Crippen LogP contribution in [-0.2, 0) is 0 Å². The van der Waals surface area contributed by atoms with Crippen molar-refractivity contribution in [2.75, 3.05) is 0 Å². The maximum absolute atomic E-state index is 6.45. The van der Waals surface area contributed by atoms with Crippen LogP contribution in [0.3, 0.4) is 0 Å². The molecule has 0 aliphatic rings. The lowest BCUT2D eigenvalue weighted by Crippen LogP contribution is -2.16. The second-order valence-corrected chi connectivity index (χ2v) is 13.1. The molecule has 5 nitrogen and oxygen atoms in total. The number of hydrogen-bond donors (Lipinski definition) is 1. The summed E-state index contributed by atoms with van der Waals surface area (Å²) in [6.07, 6.45) is 1.95. The first-order valence-electron chi connectivity index (χ1n) is 17.8. The van der Waals surface area contributed by atoms with Gasteiger partial charge >= 0.3 is 0 Å². The van der Waals surface area contributed by atoms with Crippen molar-refractivity contribution >= 4 is 50.2 Å². The Morgan fingerprint density at radius 3 is 1.96 bits per heavy atom. The van der Waals surface area contributed by atoms with E-state index in [4.69, 9.17) is 25.1 Å². The number of furan rings is 1. The summed E-state index contributed by atoms with van der Waals surface area (Å²) in [5.74, 6) is 0.878. The molecule has 0 aliphatic heterocycles. The van der Waals surface area contributed by atoms with Gasteiger partial charge in [0.15, 0.2) is 5.84 Å². The van der Waals surface area contributed by atoms with Crippen LogP contribution >= 0.6 is 0 Å². The van der Waals surface area contributed by atoms with Gasteiger partial charge in [0.1, 0.15) is 17.0 Å². The van der Waals surface area contributed by atoms with Gasteiger partial charge in [0.25, 0.3) is 0 Å². The summed E-state index contributed by atoms with van der Waals surface area (Å²) < 4.78 is 6.32. The van der Waals surface area contributed by atoms with E-state index in [0.29, 0.717) is 17.4 Å². The van der Waals surface area contributed by atoms with Gasteiger partial charge in [-0.15, -0.1) is 0 Å². The molecule has 9 rings (SSSR count). The lowest BCUT2D eigenvalue weighted by atomic mass is 9.95. The number of amidine groups is 2. The number of aromatic nitrogens is 1. The molecule has 2 N–H and O–H groups in total. The van der Waals surface area contributed by atoms with Gasteiger partial charge in [-0.25, -0.2) is 9.98 Å². The van der Waals surface area contributed by atoms with Crippen molar-refractivity contribution in [2.45, 2.75) is 0 Å². The molecule has 0 saturated heterocycles. The highest BCUT2D eigenvalue weighted by atomic mass is 16.3. The maximum atomic E-state index is 6.45. The molecule has 9 aromatic rings. The molecule has 256 valence electrons. The van der Waals surface area contributed by atoms with Crippen molar-refractivity contribution in [1.29, 1.82) is 0 Å². The monoisotopic (exact) mass is 694 g/mol. The molecule has 0 bridgehead atoms. The Kier molecular flexibility index (Phi) is 8.42. The van der Waals surface area contributed by atoms with E-state index in [0.717, 1.165) is 82.9 Å². The first kappa shape index (κ1) is 32.5. The number of hydrogen-bond acceptors (Lipinski definition) is 3. The van der Waals surface area contributed by atoms with E-state index in [1.165, 1.54) is 0 Å². The van der Waals surface area contributed by atoms with Crippen molar-refractivity contribution < 1.29 is 4.42 Å². The van der Waals surface area contributed by atoms with Crippen LogP contribution in [0, 0.1) is 0 Å². The first-order valence-corrected chi connectivity index (χ1v) is 17.8. The summed E-state index contributed by atoms with van der Waals surface area (Å²) in [7, 11) is 0. The van der Waals surface area contributed by atoms with E-state index in [1.807, 2.05) is 109 Å². The van der Waals surface area contributed by atoms with Gasteiger partial charge in [-0.1, -0.05) is 158 Å². The van der Waals surface area contributed by atoms with E-state index in [9.17, 15) is 0 Å². The highest BCUT2D eigenvalue weighted by molar-refractivity contribution is 6.12. The zero-order valence-electron chi connectivity index (χ0n) is 29.4. The molecule has 0 aliphatic carbocycles. The van der Waals surface area contributed by atoms with Crippen LogP contribution < -0.4 is 5.73 Å². The quantitative estimate of drug-likeness (QED) is 0.133. The van der Waals surface area contributed by atoms with Crippen molar-refractivity contribution in [3.05, 3.63) is 205 Å². The van der Waals surface area contributed by atoms with E-state index in [-0.39, 0.29) is 0 Å². The zero-order valence-corrected chi connectivity index (χ0v) is 29.4. The minimum atomic E-state index is 0.386. The number of pyridine rings is 1. The number of nitrogens with zero attached hydrogens (tertiary/aromatic N) is 3. The molecule has 0 saturated carbocycles. The van der Waals surface area contributed by atoms with Gasteiger partial charge in [0, 0.05) is 50.2 Å². The molecule has 5 heteroatoms. The largest absolute Gasteiger partial charge is 0.455 e. The highest BCUT2D eigenvalue weighted by Crippen LogP contribution is 2.37. The maximum Gasteiger partial charge on any atom is 0.162 e. The molecule has 54 heavy (non-hydrogen) atoms. The number of rotatable bonds is 7. The molecular weight excluding hydrogens is 661 g/mol. The van der Waals surface area contributed by atoms with E-state index in [1.54, 1.807) is 0 Å². The van der Waals surface area contributed by atoms with Gasteiger partial charge < -0.3 is 10.2 Å². The summed E-state index contributed by atoms with van der Waals surface area (Å²) in [6, 6.07) is 59.4. The number of nitrogens with two attached hydrogens (primary N) is 1. The van der Waals surface area contributed by atoms with Crippen molar-refractivity contribution in [1.82, 2.24) is 4.98 Å². The average molecular weight is 695 g/mol. The zero-order chi connectivity index (χ0) is 36.4. The van der Waals surface area contributed by atoms with Gasteiger partial charge in [-0.2, -0.15) is 0 Å². The third-order valence-corrected chi connectivity index (χ3v) is 9.73. The lowest BCUT2D eigenvalue weighted by molar-refractivity contribution is 0.670. The molecule has 0 fully saturated rings. The second kappa shape index (κ2) is 14.0. The molecule has 2 aromatic heterocycles. The Hall–Kier alpha value is -7.37. The highest BCUT2D eigenvalue weighted by Gasteiger charge is 2.14. The Labute approximate surface area is 313 Å². The van der Waals surface area contributed by atoms with Gasteiger partial charge in [0.2, 0.25) is 0 Å². The summed E-state index contributed by atoms with van der Waals surface area (Å²) in [5.41, 5.74) is 18.7. The van der Waals surface area contributed by atoms with Crippen LogP contribution in [0.1, 0.15) is 16.7 Å². The molecule has 0 spiro atoms. The smallest absolute Gasteiger partial charge is 0.162 e. The van der Waals surface area contributed by atoms with Crippen LogP contribution in [0.25, 0.3) is 71.9 Å². The van der Waals surface area contributed by atoms with Gasteiger partial charge in [0.05, 0.1) is 11.2 Å². The summed E-state index contributed by atoms with van der Waals surface area (Å²) in [6.45, 7) is 4.36. The topological polar surface area (TPSA) is 76.8 Å². The third-order valence-electron chi connectivity index (χ3n) is 9.73. The summed E-state index contributed by atoms with van der Waals surface area (Å²) >= 11 is 0. The first-order chi connectivity index (χ1) is 26.6. The molecule has 0 atom stereocenters. The number of benzene rings is 7. The second-order valence-electron chi connectivity index (χ2n) is 13.1. The fourth-order valence-electron chi connectivity index (χ4n) is 6.96. The molecule has 0 radical (unpaired) electrons. The van der Waals surface area contributed by atoms with Gasteiger partial charge in [-0.05, 0) is 46.5 Å². The number of aliphatic imine (C=N–C) groups is 2. The van der Waals surface area contributed by atoms with Crippen molar-refractivity contribution in [2.24, 2.45) is 15.7 Å². The normalized spacial score (nSPS) is 12.1. The average Bonchev–Trinajstić information content (AvgIpc) is 3.63. The standard InChI is InChI=1S/C49H34N4O/c1-32(52-49(36-15-6-3-7-16-36)53-48(50)35-13-4-2-5-14-35)37-17-10-18-38(29-37)40-20-12-23-45-44(40)30-39(31-51-45)33-25-27-34(28-26-33)41-21-11-22-43-42-19-8-9-24-46(42)54-47(41)43/h2-31H,1H2,(H2,50,52,53). The summed E-state index contributed by atoms with van der Waals surface area (Å²) in [5, 5.41) is 3.31. The van der Waals surface area contributed by atoms with Crippen LogP contribution in [0.2, 0.25) is 0 Å². The third kappa shape index (κ3) is 6.25. The van der Waals surface area contributed by atoms with Gasteiger partial charge in [-0.3, -0.25) is 4.98 Å². The van der Waals surface area contributed by atoms with Crippen molar-refractivity contribution in [3.8, 4) is 33.4 Å². The van der Waals surface area contributed by atoms with Crippen LogP contribution in [0.15, 0.2) is 203 Å². The predicted octanol–water partition coefficient (Wildman–Crippen LogP) is 12.0. The molecule has 7 aromatic carbocycles. The van der Waals surface area contributed by atoms with Crippen LogP contribution in [0.5, 0.6) is 0 Å². The van der Waals surface area contributed by atoms with E-state index >= 15 is 0 Å². The van der Waals surface area contributed by atoms with Crippen LogP contribution in [0.4, 0.5) is 0 Å². The minimum absolute atomic E-state index is 0.386. The number of para-hydroxylation sites is 2.